The number of nitrogens with one attached hydrogen (secondary N) is 1. The summed E-state index contributed by atoms with van der Waals surface area (Å²) in [7, 11) is 0. The first-order chi connectivity index (χ1) is 9.66. The van der Waals surface area contributed by atoms with E-state index in [0.717, 1.165) is 47.7 Å². The number of rotatable bonds is 3. The molecule has 0 atom stereocenters. The minimum absolute atomic E-state index is 0.206. The van der Waals surface area contributed by atoms with E-state index >= 15 is 0 Å². The molecule has 2 N–H and O–H groups in total. The van der Waals surface area contributed by atoms with E-state index in [1.165, 1.54) is 16.7 Å². The van der Waals surface area contributed by atoms with Gasteiger partial charge < -0.3 is 10.4 Å². The minimum Gasteiger partial charge on any atom is -0.478 e. The minimum atomic E-state index is -0.990. The van der Waals surface area contributed by atoms with Gasteiger partial charge in [0.2, 0.25) is 0 Å². The van der Waals surface area contributed by atoms with Gasteiger partial charge in [-0.15, -0.1) is 16.4 Å². The van der Waals surface area contributed by atoms with Crippen molar-refractivity contribution in [1.29, 1.82) is 0 Å². The SMILES string of the molecule is O=C(Nc1sc2c(c1C(=O)O)CCCC2)c1csnn1. The van der Waals surface area contributed by atoms with Crippen LogP contribution < -0.4 is 5.32 Å². The second kappa shape index (κ2) is 5.29. The normalized spacial score (nSPS) is 13.8. The quantitative estimate of drug-likeness (QED) is 0.908. The van der Waals surface area contributed by atoms with Crippen molar-refractivity contribution >= 4 is 39.7 Å². The number of aromatic nitrogens is 2. The third-order valence-corrected chi connectivity index (χ3v) is 4.92. The van der Waals surface area contributed by atoms with Crippen LogP contribution in [0.4, 0.5) is 5.00 Å². The van der Waals surface area contributed by atoms with Crippen molar-refractivity contribution in [1.82, 2.24) is 9.59 Å². The maximum Gasteiger partial charge on any atom is 0.339 e. The highest BCUT2D eigenvalue weighted by molar-refractivity contribution is 7.17. The molecule has 1 aliphatic rings. The standard InChI is InChI=1S/C12H11N3O3S2/c16-10(7-5-19-15-14-7)13-11-9(12(17)18)6-3-1-2-4-8(6)20-11/h5H,1-4H2,(H,13,16)(H,17,18). The maximum absolute atomic E-state index is 12.0. The van der Waals surface area contributed by atoms with Crippen LogP contribution in [0, 0.1) is 0 Å². The predicted molar refractivity (Wildman–Crippen MR) is 75.8 cm³/mol. The molecular formula is C12H11N3O3S2. The molecule has 0 saturated carbocycles. The first kappa shape index (κ1) is 13.2. The van der Waals surface area contributed by atoms with Crippen molar-refractivity contribution in [2.24, 2.45) is 0 Å². The summed E-state index contributed by atoms with van der Waals surface area (Å²) in [6.45, 7) is 0. The van der Waals surface area contributed by atoms with Crippen molar-refractivity contribution in [3.63, 3.8) is 0 Å². The van der Waals surface area contributed by atoms with Crippen LogP contribution in [0.5, 0.6) is 0 Å². The lowest BCUT2D eigenvalue weighted by Crippen LogP contribution is -2.14. The van der Waals surface area contributed by atoms with Crippen LogP contribution in [-0.4, -0.2) is 26.6 Å². The summed E-state index contributed by atoms with van der Waals surface area (Å²) < 4.78 is 3.63. The van der Waals surface area contributed by atoms with Crippen molar-refractivity contribution in [2.75, 3.05) is 5.32 Å². The number of hydrogen-bond acceptors (Lipinski definition) is 6. The van der Waals surface area contributed by atoms with E-state index in [4.69, 9.17) is 0 Å². The molecule has 0 saturated heterocycles. The number of aromatic carboxylic acids is 1. The van der Waals surface area contributed by atoms with Gasteiger partial charge in [-0.3, -0.25) is 4.79 Å². The lowest BCUT2D eigenvalue weighted by atomic mass is 9.95. The summed E-state index contributed by atoms with van der Waals surface area (Å²) >= 11 is 2.44. The molecule has 104 valence electrons. The molecular weight excluding hydrogens is 298 g/mol. The average Bonchev–Trinajstić information content (AvgIpc) is 3.05. The van der Waals surface area contributed by atoms with E-state index in [2.05, 4.69) is 14.9 Å². The van der Waals surface area contributed by atoms with Gasteiger partial charge in [0.05, 0.1) is 5.56 Å². The fourth-order valence-electron chi connectivity index (χ4n) is 2.31. The lowest BCUT2D eigenvalue weighted by Gasteiger charge is -2.10. The van der Waals surface area contributed by atoms with Gasteiger partial charge in [0, 0.05) is 10.3 Å². The molecule has 0 fully saturated rings. The van der Waals surface area contributed by atoms with E-state index in [0.29, 0.717) is 5.00 Å². The zero-order valence-electron chi connectivity index (χ0n) is 10.4. The largest absolute Gasteiger partial charge is 0.478 e. The zero-order chi connectivity index (χ0) is 14.1. The van der Waals surface area contributed by atoms with Crippen LogP contribution in [0.3, 0.4) is 0 Å². The topological polar surface area (TPSA) is 92.2 Å². The Balaban J connectivity index is 1.95. The Morgan fingerprint density at radius 2 is 2.10 bits per heavy atom. The molecule has 0 spiro atoms. The molecule has 0 aromatic carbocycles. The van der Waals surface area contributed by atoms with Crippen LogP contribution in [0.15, 0.2) is 5.38 Å². The number of carboxylic acid groups (broad SMARTS) is 1. The van der Waals surface area contributed by atoms with E-state index in [1.54, 1.807) is 0 Å². The maximum atomic E-state index is 12.0. The number of anilines is 1. The summed E-state index contributed by atoms with van der Waals surface area (Å²) in [6, 6.07) is 0. The monoisotopic (exact) mass is 309 g/mol. The highest BCUT2D eigenvalue weighted by atomic mass is 32.1. The average molecular weight is 309 g/mol. The highest BCUT2D eigenvalue weighted by Crippen LogP contribution is 2.38. The van der Waals surface area contributed by atoms with E-state index < -0.39 is 11.9 Å². The van der Waals surface area contributed by atoms with Crippen molar-refractivity contribution in [3.8, 4) is 0 Å². The number of hydrogen-bond donors (Lipinski definition) is 2. The Morgan fingerprint density at radius 3 is 2.80 bits per heavy atom. The molecule has 2 aromatic heterocycles. The van der Waals surface area contributed by atoms with Gasteiger partial charge in [-0.2, -0.15) is 0 Å². The molecule has 2 heterocycles. The van der Waals surface area contributed by atoms with Crippen LogP contribution in [-0.2, 0) is 12.8 Å². The van der Waals surface area contributed by atoms with Crippen LogP contribution in [0.1, 0.15) is 44.1 Å². The van der Waals surface area contributed by atoms with Gasteiger partial charge in [0.25, 0.3) is 5.91 Å². The molecule has 2 aromatic rings. The first-order valence-corrected chi connectivity index (χ1v) is 7.78. The number of aryl methyl sites for hydroxylation is 1. The molecule has 0 bridgehead atoms. The zero-order valence-corrected chi connectivity index (χ0v) is 12.0. The smallest absolute Gasteiger partial charge is 0.339 e. The molecule has 6 nitrogen and oxygen atoms in total. The number of nitrogens with zero attached hydrogens (tertiary/aromatic N) is 2. The molecule has 0 radical (unpaired) electrons. The molecule has 1 aliphatic carbocycles. The van der Waals surface area contributed by atoms with Gasteiger partial charge in [-0.05, 0) is 42.8 Å². The number of carbonyl (C=O) groups excluding carboxylic acids is 1. The Kier molecular flexibility index (Phi) is 3.49. The van der Waals surface area contributed by atoms with E-state index in [-0.39, 0.29) is 11.3 Å². The first-order valence-electron chi connectivity index (χ1n) is 6.13. The number of carboxylic acids is 1. The lowest BCUT2D eigenvalue weighted by molar-refractivity contribution is 0.0697. The summed E-state index contributed by atoms with van der Waals surface area (Å²) in [5.41, 5.74) is 1.32. The van der Waals surface area contributed by atoms with E-state index in [1.807, 2.05) is 0 Å². The van der Waals surface area contributed by atoms with Crippen molar-refractivity contribution in [2.45, 2.75) is 25.7 Å². The summed E-state index contributed by atoms with van der Waals surface area (Å²) in [4.78, 5) is 24.5. The number of thiophene rings is 1. The summed E-state index contributed by atoms with van der Waals surface area (Å²) in [5, 5.41) is 17.7. The van der Waals surface area contributed by atoms with Gasteiger partial charge in [0.1, 0.15) is 5.00 Å². The third-order valence-electron chi connectivity index (χ3n) is 3.20. The Bertz CT molecular complexity index is 664. The molecule has 0 unspecified atom stereocenters. The number of amides is 1. The number of fused-ring (bicyclic) bond motifs is 1. The Labute approximate surface area is 122 Å². The summed E-state index contributed by atoms with van der Waals surface area (Å²) in [5.74, 6) is -1.41. The summed E-state index contributed by atoms with van der Waals surface area (Å²) in [6.07, 6.45) is 3.71. The second-order valence-electron chi connectivity index (χ2n) is 4.46. The third kappa shape index (κ3) is 2.32. The molecule has 1 amide bonds. The van der Waals surface area contributed by atoms with Crippen molar-refractivity contribution in [3.05, 3.63) is 27.1 Å². The molecule has 0 aliphatic heterocycles. The van der Waals surface area contributed by atoms with Gasteiger partial charge in [-0.1, -0.05) is 4.49 Å². The molecule has 3 rings (SSSR count). The Morgan fingerprint density at radius 1 is 1.30 bits per heavy atom. The second-order valence-corrected chi connectivity index (χ2v) is 6.18. The predicted octanol–water partition coefficient (Wildman–Crippen LogP) is 2.43. The molecule has 8 heteroatoms. The number of carbonyl (C=O) groups is 2. The van der Waals surface area contributed by atoms with Crippen LogP contribution >= 0.6 is 22.9 Å². The van der Waals surface area contributed by atoms with Crippen molar-refractivity contribution < 1.29 is 14.7 Å². The van der Waals surface area contributed by atoms with Gasteiger partial charge >= 0.3 is 5.97 Å². The Hall–Kier alpha value is -1.80. The van der Waals surface area contributed by atoms with Gasteiger partial charge in [0.15, 0.2) is 5.69 Å². The fourth-order valence-corrected chi connectivity index (χ4v) is 4.02. The molecule has 20 heavy (non-hydrogen) atoms. The fraction of sp³-hybridized carbons (Fsp3) is 0.333. The highest BCUT2D eigenvalue weighted by Gasteiger charge is 2.26. The van der Waals surface area contributed by atoms with Crippen LogP contribution in [0.25, 0.3) is 0 Å². The van der Waals surface area contributed by atoms with Crippen LogP contribution in [0.2, 0.25) is 0 Å². The van der Waals surface area contributed by atoms with Gasteiger partial charge in [-0.25, -0.2) is 4.79 Å². The van der Waals surface area contributed by atoms with E-state index in [9.17, 15) is 14.7 Å².